The molecule has 2 fully saturated rings. The van der Waals surface area contributed by atoms with Crippen LogP contribution in [0.5, 0.6) is 0 Å². The standard InChI is InChI=1S/C20H23N3O4/c24-17(21-16-11-5-7-13-6-1-4-10-15(13)16)12-22-18(25)19(26)23(20(22)27)14-8-2-3-9-14/h1,4,6,10,14,16H,2-3,5,7-9,11-12H2,(H,21,24)/t16-/m1/s1. The normalized spacial score (nSPS) is 23.1. The molecule has 1 atom stereocenters. The molecule has 1 aliphatic heterocycles. The van der Waals surface area contributed by atoms with E-state index in [4.69, 9.17) is 0 Å². The predicted molar refractivity (Wildman–Crippen MR) is 96.5 cm³/mol. The third kappa shape index (κ3) is 3.22. The van der Waals surface area contributed by atoms with Crippen LogP contribution < -0.4 is 5.32 Å². The van der Waals surface area contributed by atoms with Gasteiger partial charge in [-0.05, 0) is 43.2 Å². The van der Waals surface area contributed by atoms with Crippen molar-refractivity contribution < 1.29 is 19.2 Å². The van der Waals surface area contributed by atoms with Gasteiger partial charge < -0.3 is 5.32 Å². The number of amides is 5. The summed E-state index contributed by atoms with van der Waals surface area (Å²) < 4.78 is 0. The van der Waals surface area contributed by atoms with Crippen LogP contribution in [0.4, 0.5) is 4.79 Å². The highest BCUT2D eigenvalue weighted by molar-refractivity contribution is 6.45. The average molecular weight is 369 g/mol. The fourth-order valence-corrected chi connectivity index (χ4v) is 4.43. The van der Waals surface area contributed by atoms with Crippen LogP contribution in [-0.4, -0.2) is 46.1 Å². The molecule has 7 heteroatoms. The number of aryl methyl sites for hydroxylation is 1. The Labute approximate surface area is 157 Å². The van der Waals surface area contributed by atoms with E-state index >= 15 is 0 Å². The van der Waals surface area contributed by atoms with Crippen LogP contribution in [0, 0.1) is 0 Å². The number of imide groups is 2. The van der Waals surface area contributed by atoms with Gasteiger partial charge >= 0.3 is 17.8 Å². The highest BCUT2D eigenvalue weighted by atomic mass is 16.2. The van der Waals surface area contributed by atoms with Crippen LogP contribution in [-0.2, 0) is 20.8 Å². The third-order valence-corrected chi connectivity index (χ3v) is 5.78. The van der Waals surface area contributed by atoms with E-state index in [9.17, 15) is 19.2 Å². The number of nitrogens with one attached hydrogen (secondary N) is 1. The summed E-state index contributed by atoms with van der Waals surface area (Å²) in [7, 11) is 0. The first-order valence-electron chi connectivity index (χ1n) is 9.62. The van der Waals surface area contributed by atoms with E-state index in [1.54, 1.807) is 0 Å². The second-order valence-electron chi connectivity index (χ2n) is 7.50. The van der Waals surface area contributed by atoms with Crippen LogP contribution in [0.25, 0.3) is 0 Å². The second kappa shape index (κ2) is 7.13. The van der Waals surface area contributed by atoms with E-state index < -0.39 is 30.3 Å². The zero-order valence-electron chi connectivity index (χ0n) is 15.1. The average Bonchev–Trinajstić information content (AvgIpc) is 3.26. The molecule has 0 bridgehead atoms. The van der Waals surface area contributed by atoms with E-state index in [0.717, 1.165) is 60.3 Å². The quantitative estimate of drug-likeness (QED) is 0.649. The van der Waals surface area contributed by atoms with Gasteiger partial charge in [-0.25, -0.2) is 9.69 Å². The molecule has 0 radical (unpaired) electrons. The van der Waals surface area contributed by atoms with Crippen LogP contribution in [0.1, 0.15) is 55.7 Å². The number of carbonyl (C=O) groups is 4. The van der Waals surface area contributed by atoms with Gasteiger partial charge in [-0.1, -0.05) is 37.1 Å². The monoisotopic (exact) mass is 369 g/mol. The lowest BCUT2D eigenvalue weighted by atomic mass is 9.88. The lowest BCUT2D eigenvalue weighted by Gasteiger charge is -2.27. The molecule has 1 saturated carbocycles. The summed E-state index contributed by atoms with van der Waals surface area (Å²) in [6.07, 6.45) is 6.11. The van der Waals surface area contributed by atoms with Crippen molar-refractivity contribution in [1.82, 2.24) is 15.1 Å². The number of hydrogen-bond acceptors (Lipinski definition) is 4. The zero-order chi connectivity index (χ0) is 19.0. The molecule has 27 heavy (non-hydrogen) atoms. The molecule has 4 rings (SSSR count). The molecule has 1 aromatic rings. The molecule has 0 spiro atoms. The summed E-state index contributed by atoms with van der Waals surface area (Å²) in [4.78, 5) is 51.4. The molecule has 5 amide bonds. The number of nitrogens with zero attached hydrogens (tertiary/aromatic N) is 2. The van der Waals surface area contributed by atoms with Crippen molar-refractivity contribution in [1.29, 1.82) is 0 Å². The molecule has 142 valence electrons. The van der Waals surface area contributed by atoms with E-state index in [2.05, 4.69) is 11.4 Å². The maximum Gasteiger partial charge on any atom is 0.334 e. The van der Waals surface area contributed by atoms with Gasteiger partial charge in [-0.15, -0.1) is 0 Å². The van der Waals surface area contributed by atoms with Crippen LogP contribution in [0.3, 0.4) is 0 Å². The molecule has 2 aliphatic carbocycles. The number of urea groups is 1. The second-order valence-corrected chi connectivity index (χ2v) is 7.50. The maximum atomic E-state index is 12.6. The van der Waals surface area contributed by atoms with Crippen LogP contribution in [0.2, 0.25) is 0 Å². The summed E-state index contributed by atoms with van der Waals surface area (Å²) in [5.74, 6) is -2.12. The Balaban J connectivity index is 1.43. The first-order chi connectivity index (χ1) is 13.1. The maximum absolute atomic E-state index is 12.6. The zero-order valence-corrected chi connectivity index (χ0v) is 15.1. The predicted octanol–water partition coefficient (Wildman–Crippen LogP) is 1.91. The van der Waals surface area contributed by atoms with E-state index in [-0.39, 0.29) is 12.1 Å². The van der Waals surface area contributed by atoms with E-state index in [1.807, 2.05) is 18.2 Å². The van der Waals surface area contributed by atoms with Crippen molar-refractivity contribution in [3.05, 3.63) is 35.4 Å². The Bertz CT molecular complexity index is 800. The molecule has 1 N–H and O–H groups in total. The Hall–Kier alpha value is -2.70. The lowest BCUT2D eigenvalue weighted by molar-refractivity contribution is -0.144. The van der Waals surface area contributed by atoms with Crippen LogP contribution in [0.15, 0.2) is 24.3 Å². The minimum atomic E-state index is -0.897. The smallest absolute Gasteiger partial charge is 0.334 e. The number of carbonyl (C=O) groups excluding carboxylic acids is 4. The molecule has 3 aliphatic rings. The fourth-order valence-electron chi connectivity index (χ4n) is 4.43. The van der Waals surface area contributed by atoms with Gasteiger partial charge in [0.15, 0.2) is 0 Å². The van der Waals surface area contributed by atoms with Gasteiger partial charge in [-0.3, -0.25) is 19.3 Å². The first kappa shape index (κ1) is 17.7. The molecule has 1 aromatic carbocycles. The minimum Gasteiger partial charge on any atom is -0.348 e. The number of benzene rings is 1. The highest BCUT2D eigenvalue weighted by Crippen LogP contribution is 2.30. The van der Waals surface area contributed by atoms with Gasteiger partial charge in [0.1, 0.15) is 6.54 Å². The summed E-state index contributed by atoms with van der Waals surface area (Å²) in [5.41, 5.74) is 2.30. The van der Waals surface area contributed by atoms with Gasteiger partial charge in [0.25, 0.3) is 0 Å². The lowest BCUT2D eigenvalue weighted by Crippen LogP contribution is -2.44. The third-order valence-electron chi connectivity index (χ3n) is 5.78. The molecule has 1 heterocycles. The molecular formula is C20H23N3O4. The van der Waals surface area contributed by atoms with Gasteiger partial charge in [-0.2, -0.15) is 0 Å². The van der Waals surface area contributed by atoms with Gasteiger partial charge in [0.2, 0.25) is 5.91 Å². The molecular weight excluding hydrogens is 346 g/mol. The summed E-state index contributed by atoms with van der Waals surface area (Å²) in [6, 6.07) is 6.97. The fraction of sp³-hybridized carbons (Fsp3) is 0.500. The van der Waals surface area contributed by atoms with Crippen LogP contribution >= 0.6 is 0 Å². The van der Waals surface area contributed by atoms with Crippen molar-refractivity contribution in [3.63, 3.8) is 0 Å². The van der Waals surface area contributed by atoms with E-state index in [1.165, 1.54) is 5.56 Å². The first-order valence-corrected chi connectivity index (χ1v) is 9.62. The SMILES string of the molecule is O=C(CN1C(=O)C(=O)N(C2CCCC2)C1=O)N[C@@H]1CCCc2ccccc21. The molecule has 7 nitrogen and oxygen atoms in total. The minimum absolute atomic E-state index is 0.128. The van der Waals surface area contributed by atoms with E-state index in [0.29, 0.717) is 0 Å². The topological polar surface area (TPSA) is 86.8 Å². The Kier molecular flexibility index (Phi) is 4.68. The van der Waals surface area contributed by atoms with Crippen molar-refractivity contribution in [2.24, 2.45) is 0 Å². The number of rotatable bonds is 4. The van der Waals surface area contributed by atoms with Gasteiger partial charge in [0.05, 0.1) is 6.04 Å². The molecule has 0 unspecified atom stereocenters. The Morgan fingerprint density at radius 3 is 2.52 bits per heavy atom. The largest absolute Gasteiger partial charge is 0.348 e. The van der Waals surface area contributed by atoms with Crippen molar-refractivity contribution in [2.45, 2.75) is 57.0 Å². The Morgan fingerprint density at radius 2 is 1.74 bits per heavy atom. The number of fused-ring (bicyclic) bond motifs is 1. The summed E-state index contributed by atoms with van der Waals surface area (Å²) in [5, 5.41) is 2.93. The van der Waals surface area contributed by atoms with Crippen molar-refractivity contribution in [3.8, 4) is 0 Å². The van der Waals surface area contributed by atoms with Crippen molar-refractivity contribution >= 4 is 23.8 Å². The van der Waals surface area contributed by atoms with Crippen molar-refractivity contribution in [2.75, 3.05) is 6.54 Å². The summed E-state index contributed by atoms with van der Waals surface area (Å²) in [6.45, 7) is -0.411. The molecule has 1 saturated heterocycles. The highest BCUT2D eigenvalue weighted by Gasteiger charge is 2.48. The Morgan fingerprint density at radius 1 is 1.00 bits per heavy atom. The summed E-state index contributed by atoms with van der Waals surface area (Å²) >= 11 is 0. The number of hydrogen-bond donors (Lipinski definition) is 1. The van der Waals surface area contributed by atoms with Gasteiger partial charge in [0, 0.05) is 6.04 Å². The molecule has 0 aromatic heterocycles.